The molecular formula is C18H19N3. The molecule has 0 aliphatic carbocycles. The van der Waals surface area contributed by atoms with Crippen LogP contribution in [0.1, 0.15) is 12.5 Å². The highest BCUT2D eigenvalue weighted by atomic mass is 15.2. The number of benzene rings is 2. The lowest BCUT2D eigenvalue weighted by Crippen LogP contribution is -2.11. The van der Waals surface area contributed by atoms with E-state index in [1.165, 1.54) is 5.56 Å². The van der Waals surface area contributed by atoms with Gasteiger partial charge in [-0.1, -0.05) is 19.1 Å². The third-order valence-corrected chi connectivity index (χ3v) is 3.77. The third kappa shape index (κ3) is 2.68. The van der Waals surface area contributed by atoms with E-state index in [1.807, 2.05) is 31.3 Å². The Balaban J connectivity index is 1.96. The van der Waals surface area contributed by atoms with Crippen molar-refractivity contribution in [2.75, 3.05) is 17.7 Å². The monoisotopic (exact) mass is 277 g/mol. The molecule has 2 aromatic carbocycles. The van der Waals surface area contributed by atoms with Gasteiger partial charge in [0.05, 0.1) is 5.52 Å². The molecule has 0 aliphatic heterocycles. The molecule has 3 heteroatoms. The first kappa shape index (κ1) is 13.4. The minimum Gasteiger partial charge on any atom is -0.399 e. The predicted molar refractivity (Wildman–Crippen MR) is 90.0 cm³/mol. The van der Waals surface area contributed by atoms with Gasteiger partial charge in [-0.25, -0.2) is 4.98 Å². The molecule has 3 nitrogen and oxygen atoms in total. The molecule has 0 saturated heterocycles. The standard InChI is InChI=1S/C18H19N3/c1-3-13-4-8-16(9-5-13)21(2)18-11-6-14-12-15(19)7-10-17(14)20-18/h4-12H,3,19H2,1-2H3. The maximum absolute atomic E-state index is 5.80. The van der Waals surface area contributed by atoms with Gasteiger partial charge >= 0.3 is 0 Å². The Bertz CT molecular complexity index is 763. The van der Waals surface area contributed by atoms with Crippen LogP contribution in [0, 0.1) is 0 Å². The lowest BCUT2D eigenvalue weighted by molar-refractivity contribution is 1.12. The van der Waals surface area contributed by atoms with Crippen LogP contribution in [0.3, 0.4) is 0 Å². The van der Waals surface area contributed by atoms with Gasteiger partial charge in [-0.3, -0.25) is 0 Å². The SMILES string of the molecule is CCc1ccc(N(C)c2ccc3cc(N)ccc3n2)cc1. The van der Waals surface area contributed by atoms with Crippen molar-refractivity contribution in [2.24, 2.45) is 0 Å². The zero-order chi connectivity index (χ0) is 14.8. The molecule has 0 saturated carbocycles. The van der Waals surface area contributed by atoms with E-state index in [4.69, 9.17) is 10.7 Å². The van der Waals surface area contributed by atoms with Crippen LogP contribution >= 0.6 is 0 Å². The molecule has 0 aliphatic rings. The van der Waals surface area contributed by atoms with Crippen molar-refractivity contribution >= 4 is 28.1 Å². The van der Waals surface area contributed by atoms with Gasteiger partial charge in [-0.15, -0.1) is 0 Å². The summed E-state index contributed by atoms with van der Waals surface area (Å²) in [5, 5.41) is 1.06. The van der Waals surface area contributed by atoms with Gasteiger partial charge in [-0.2, -0.15) is 0 Å². The Hall–Kier alpha value is -2.55. The molecule has 2 N–H and O–H groups in total. The smallest absolute Gasteiger partial charge is 0.133 e. The Morgan fingerprint density at radius 2 is 1.76 bits per heavy atom. The molecule has 3 rings (SSSR count). The molecule has 0 unspecified atom stereocenters. The predicted octanol–water partition coefficient (Wildman–Crippen LogP) is 4.15. The van der Waals surface area contributed by atoms with Crippen molar-refractivity contribution < 1.29 is 0 Å². The van der Waals surface area contributed by atoms with Gasteiger partial charge < -0.3 is 10.6 Å². The lowest BCUT2D eigenvalue weighted by atomic mass is 10.1. The first-order chi connectivity index (χ1) is 10.2. The number of nitrogens with zero attached hydrogens (tertiary/aromatic N) is 2. The van der Waals surface area contributed by atoms with E-state index in [0.717, 1.165) is 34.5 Å². The second-order valence-electron chi connectivity index (χ2n) is 5.20. The molecule has 0 spiro atoms. The fourth-order valence-electron chi connectivity index (χ4n) is 2.41. The molecule has 0 bridgehead atoms. The van der Waals surface area contributed by atoms with Crippen molar-refractivity contribution in [3.05, 3.63) is 60.2 Å². The van der Waals surface area contributed by atoms with E-state index < -0.39 is 0 Å². The van der Waals surface area contributed by atoms with Gasteiger partial charge in [0.15, 0.2) is 0 Å². The van der Waals surface area contributed by atoms with Crippen LogP contribution in [-0.4, -0.2) is 12.0 Å². The number of pyridine rings is 1. The first-order valence-corrected chi connectivity index (χ1v) is 7.16. The zero-order valence-corrected chi connectivity index (χ0v) is 12.4. The average molecular weight is 277 g/mol. The molecule has 21 heavy (non-hydrogen) atoms. The Kier molecular flexibility index (Phi) is 3.48. The minimum absolute atomic E-state index is 0.764. The summed E-state index contributed by atoms with van der Waals surface area (Å²) in [6, 6.07) is 18.5. The number of nitrogens with two attached hydrogens (primary N) is 1. The molecular weight excluding hydrogens is 258 g/mol. The summed E-state index contributed by atoms with van der Waals surface area (Å²) >= 11 is 0. The summed E-state index contributed by atoms with van der Waals surface area (Å²) in [5.41, 5.74) is 10.00. The lowest BCUT2D eigenvalue weighted by Gasteiger charge is -2.19. The number of hydrogen-bond acceptors (Lipinski definition) is 3. The number of hydrogen-bond donors (Lipinski definition) is 1. The normalized spacial score (nSPS) is 10.8. The van der Waals surface area contributed by atoms with Crippen LogP contribution in [0.5, 0.6) is 0 Å². The summed E-state index contributed by atoms with van der Waals surface area (Å²) < 4.78 is 0. The van der Waals surface area contributed by atoms with E-state index in [-0.39, 0.29) is 0 Å². The highest BCUT2D eigenvalue weighted by Crippen LogP contribution is 2.25. The molecule has 0 fully saturated rings. The van der Waals surface area contributed by atoms with Crippen LogP contribution < -0.4 is 10.6 Å². The molecule has 106 valence electrons. The van der Waals surface area contributed by atoms with E-state index in [2.05, 4.69) is 42.2 Å². The van der Waals surface area contributed by atoms with Crippen LogP contribution in [0.25, 0.3) is 10.9 Å². The summed E-state index contributed by atoms with van der Waals surface area (Å²) in [4.78, 5) is 6.80. The van der Waals surface area contributed by atoms with Crippen LogP contribution in [-0.2, 0) is 6.42 Å². The number of rotatable bonds is 3. The molecule has 3 aromatic rings. The molecule has 0 amide bonds. The molecule has 1 aromatic heterocycles. The second kappa shape index (κ2) is 5.44. The van der Waals surface area contributed by atoms with Gasteiger partial charge in [0.25, 0.3) is 0 Å². The van der Waals surface area contributed by atoms with Crippen molar-refractivity contribution in [1.82, 2.24) is 4.98 Å². The van der Waals surface area contributed by atoms with Gasteiger partial charge in [-0.05, 0) is 54.4 Å². The number of aryl methyl sites for hydroxylation is 1. The van der Waals surface area contributed by atoms with E-state index in [9.17, 15) is 0 Å². The Morgan fingerprint density at radius 1 is 1.00 bits per heavy atom. The fraction of sp³-hybridized carbons (Fsp3) is 0.167. The first-order valence-electron chi connectivity index (χ1n) is 7.16. The number of anilines is 3. The van der Waals surface area contributed by atoms with E-state index in [1.54, 1.807) is 0 Å². The summed E-state index contributed by atoms with van der Waals surface area (Å²) in [7, 11) is 2.03. The maximum atomic E-state index is 5.80. The second-order valence-corrected chi connectivity index (χ2v) is 5.20. The number of fused-ring (bicyclic) bond motifs is 1. The quantitative estimate of drug-likeness (QED) is 0.731. The molecule has 0 radical (unpaired) electrons. The summed E-state index contributed by atoms with van der Waals surface area (Å²) in [6.07, 6.45) is 1.06. The van der Waals surface area contributed by atoms with E-state index >= 15 is 0 Å². The average Bonchev–Trinajstić information content (AvgIpc) is 2.53. The van der Waals surface area contributed by atoms with Crippen molar-refractivity contribution in [2.45, 2.75) is 13.3 Å². The fourth-order valence-corrected chi connectivity index (χ4v) is 2.41. The van der Waals surface area contributed by atoms with Crippen LogP contribution in [0.15, 0.2) is 54.6 Å². The molecule has 0 atom stereocenters. The largest absolute Gasteiger partial charge is 0.399 e. The summed E-state index contributed by atoms with van der Waals surface area (Å²) in [5.74, 6) is 0.927. The maximum Gasteiger partial charge on any atom is 0.133 e. The number of nitrogen functional groups attached to an aromatic ring is 1. The zero-order valence-electron chi connectivity index (χ0n) is 12.4. The van der Waals surface area contributed by atoms with Crippen LogP contribution in [0.2, 0.25) is 0 Å². The third-order valence-electron chi connectivity index (χ3n) is 3.77. The molecule has 1 heterocycles. The van der Waals surface area contributed by atoms with Gasteiger partial charge in [0.2, 0.25) is 0 Å². The highest BCUT2D eigenvalue weighted by Gasteiger charge is 2.06. The Morgan fingerprint density at radius 3 is 2.48 bits per heavy atom. The highest BCUT2D eigenvalue weighted by molar-refractivity contribution is 5.84. The number of aromatic nitrogens is 1. The topological polar surface area (TPSA) is 42.1 Å². The van der Waals surface area contributed by atoms with Gasteiger partial charge in [0, 0.05) is 23.8 Å². The van der Waals surface area contributed by atoms with Crippen molar-refractivity contribution in [3.63, 3.8) is 0 Å². The van der Waals surface area contributed by atoms with Crippen molar-refractivity contribution in [1.29, 1.82) is 0 Å². The van der Waals surface area contributed by atoms with Gasteiger partial charge in [0.1, 0.15) is 5.82 Å². The summed E-state index contributed by atoms with van der Waals surface area (Å²) in [6.45, 7) is 2.16. The van der Waals surface area contributed by atoms with Crippen molar-refractivity contribution in [3.8, 4) is 0 Å². The Labute approximate surface area is 125 Å². The minimum atomic E-state index is 0.764. The van der Waals surface area contributed by atoms with Crippen LogP contribution in [0.4, 0.5) is 17.2 Å². The van der Waals surface area contributed by atoms with E-state index in [0.29, 0.717) is 0 Å².